The second-order valence-electron chi connectivity index (χ2n) is 4.60. The first-order chi connectivity index (χ1) is 7.93. The second kappa shape index (κ2) is 4.33. The van der Waals surface area contributed by atoms with Gasteiger partial charge in [0, 0.05) is 11.6 Å². The normalized spacial score (nSPS) is 18.4. The molecular weight excluding hydrogens is 231 g/mol. The Morgan fingerprint density at radius 2 is 2.18 bits per heavy atom. The van der Waals surface area contributed by atoms with Crippen LogP contribution in [0.25, 0.3) is 0 Å². The Morgan fingerprint density at radius 3 is 2.65 bits per heavy atom. The zero-order valence-corrected chi connectivity index (χ0v) is 9.67. The van der Waals surface area contributed by atoms with Gasteiger partial charge < -0.3 is 5.73 Å². The average molecular weight is 247 g/mol. The molecule has 1 aliphatic carbocycles. The predicted molar refractivity (Wildman–Crippen MR) is 57.6 cm³/mol. The molecule has 1 saturated carbocycles. The van der Waals surface area contributed by atoms with Crippen molar-refractivity contribution in [3.05, 3.63) is 17.5 Å². The number of alkyl halides is 3. The Bertz CT molecular complexity index is 393. The highest BCUT2D eigenvalue weighted by Gasteiger charge is 2.38. The van der Waals surface area contributed by atoms with Crippen LogP contribution >= 0.6 is 0 Å². The van der Waals surface area contributed by atoms with E-state index in [2.05, 4.69) is 5.10 Å². The third-order valence-electron chi connectivity index (χ3n) is 3.05. The molecule has 1 aliphatic rings. The molecule has 17 heavy (non-hydrogen) atoms. The largest absolute Gasteiger partial charge is 0.435 e. The van der Waals surface area contributed by atoms with Crippen molar-refractivity contribution in [2.24, 2.45) is 5.73 Å². The summed E-state index contributed by atoms with van der Waals surface area (Å²) in [4.78, 5) is 0. The fraction of sp³-hybridized carbons (Fsp3) is 0.727. The molecule has 6 heteroatoms. The number of nitrogens with two attached hydrogens (primary N) is 1. The van der Waals surface area contributed by atoms with Crippen LogP contribution in [0.1, 0.15) is 49.5 Å². The lowest BCUT2D eigenvalue weighted by Gasteiger charge is -2.14. The molecule has 0 unspecified atom stereocenters. The third-order valence-corrected chi connectivity index (χ3v) is 3.05. The van der Waals surface area contributed by atoms with E-state index in [9.17, 15) is 13.2 Å². The molecular formula is C11H16F3N3. The highest BCUT2D eigenvalue weighted by molar-refractivity contribution is 5.21. The van der Waals surface area contributed by atoms with Gasteiger partial charge in [0.25, 0.3) is 0 Å². The minimum atomic E-state index is -4.36. The molecule has 0 aliphatic heterocycles. The Balaban J connectivity index is 2.32. The van der Waals surface area contributed by atoms with Crippen molar-refractivity contribution in [2.75, 3.05) is 6.54 Å². The lowest BCUT2D eigenvalue weighted by Crippen LogP contribution is -2.15. The van der Waals surface area contributed by atoms with Crippen LogP contribution in [0.15, 0.2) is 6.07 Å². The molecule has 3 nitrogen and oxygen atoms in total. The topological polar surface area (TPSA) is 43.8 Å². The third kappa shape index (κ3) is 2.62. The first-order valence-corrected chi connectivity index (χ1v) is 5.80. The van der Waals surface area contributed by atoms with Crippen LogP contribution in [0, 0.1) is 0 Å². The molecule has 0 amide bonds. The minimum absolute atomic E-state index is 0.0771. The number of rotatable bonds is 4. The van der Waals surface area contributed by atoms with Crippen LogP contribution in [-0.4, -0.2) is 16.3 Å². The molecule has 1 aromatic heterocycles. The maximum absolute atomic E-state index is 12.6. The number of nitrogens with zero attached hydrogens (tertiary/aromatic N) is 2. The second-order valence-corrected chi connectivity index (χ2v) is 4.60. The van der Waals surface area contributed by atoms with Crippen molar-refractivity contribution in [1.82, 2.24) is 9.78 Å². The van der Waals surface area contributed by atoms with E-state index in [0.717, 1.165) is 12.8 Å². The Labute approximate surface area is 97.8 Å². The lowest BCUT2D eigenvalue weighted by atomic mass is 10.2. The minimum Gasteiger partial charge on any atom is -0.330 e. The summed E-state index contributed by atoms with van der Waals surface area (Å²) in [6.07, 6.45) is -1.81. The van der Waals surface area contributed by atoms with Gasteiger partial charge in [0.2, 0.25) is 0 Å². The molecule has 1 atom stereocenters. The van der Waals surface area contributed by atoms with Crippen LogP contribution < -0.4 is 5.73 Å². The van der Waals surface area contributed by atoms with Gasteiger partial charge in [-0.3, -0.25) is 4.68 Å². The Morgan fingerprint density at radius 1 is 1.53 bits per heavy atom. The first-order valence-electron chi connectivity index (χ1n) is 5.80. The van der Waals surface area contributed by atoms with Gasteiger partial charge in [0.1, 0.15) is 0 Å². The fourth-order valence-corrected chi connectivity index (χ4v) is 1.95. The van der Waals surface area contributed by atoms with Crippen LogP contribution in [0.2, 0.25) is 0 Å². The summed E-state index contributed by atoms with van der Waals surface area (Å²) in [5, 5.41) is 3.70. The number of hydrogen-bond donors (Lipinski definition) is 1. The van der Waals surface area contributed by atoms with Crippen molar-refractivity contribution >= 4 is 0 Å². The van der Waals surface area contributed by atoms with Gasteiger partial charge >= 0.3 is 6.18 Å². The molecule has 0 radical (unpaired) electrons. The zero-order chi connectivity index (χ0) is 12.6. The van der Waals surface area contributed by atoms with E-state index in [1.165, 1.54) is 10.7 Å². The smallest absolute Gasteiger partial charge is 0.330 e. The average Bonchev–Trinajstić information content (AvgIpc) is 2.95. The molecule has 0 spiro atoms. The fourth-order valence-electron chi connectivity index (χ4n) is 1.95. The summed E-state index contributed by atoms with van der Waals surface area (Å²) in [5.41, 5.74) is 5.36. The van der Waals surface area contributed by atoms with E-state index in [4.69, 9.17) is 5.73 Å². The van der Waals surface area contributed by atoms with Gasteiger partial charge in [0.15, 0.2) is 5.69 Å². The van der Waals surface area contributed by atoms with Gasteiger partial charge in [-0.1, -0.05) is 0 Å². The van der Waals surface area contributed by atoms with Crippen molar-refractivity contribution in [3.8, 4) is 0 Å². The predicted octanol–water partition coefficient (Wildman–Crippen LogP) is 2.69. The zero-order valence-electron chi connectivity index (χ0n) is 9.67. The van der Waals surface area contributed by atoms with Crippen molar-refractivity contribution in [1.29, 1.82) is 0 Å². The Kier molecular flexibility index (Phi) is 3.16. The lowest BCUT2D eigenvalue weighted by molar-refractivity contribution is -0.141. The summed E-state index contributed by atoms with van der Waals surface area (Å²) >= 11 is 0. The first kappa shape index (κ1) is 12.4. The van der Waals surface area contributed by atoms with Crippen molar-refractivity contribution < 1.29 is 13.2 Å². The van der Waals surface area contributed by atoms with E-state index < -0.39 is 11.9 Å². The van der Waals surface area contributed by atoms with E-state index >= 15 is 0 Å². The monoisotopic (exact) mass is 247 g/mol. The summed E-state index contributed by atoms with van der Waals surface area (Å²) in [7, 11) is 0. The van der Waals surface area contributed by atoms with Gasteiger partial charge in [-0.15, -0.1) is 0 Å². The Hall–Kier alpha value is -1.04. The highest BCUT2D eigenvalue weighted by Crippen LogP contribution is 2.43. The van der Waals surface area contributed by atoms with Crippen LogP contribution in [0.3, 0.4) is 0 Å². The number of hydrogen-bond acceptors (Lipinski definition) is 2. The van der Waals surface area contributed by atoms with Gasteiger partial charge in [-0.25, -0.2) is 0 Å². The van der Waals surface area contributed by atoms with Crippen molar-refractivity contribution in [3.63, 3.8) is 0 Å². The molecule has 0 saturated heterocycles. The molecule has 1 aromatic rings. The van der Waals surface area contributed by atoms with Crippen LogP contribution in [-0.2, 0) is 6.18 Å². The standard InChI is InChI=1S/C11H16F3N3/c1-7(4-5-15)17-9(8-2-3-8)6-10(16-17)11(12,13)14/h6-8H,2-5,15H2,1H3/t7-/m0/s1. The van der Waals surface area contributed by atoms with E-state index in [-0.39, 0.29) is 12.0 Å². The maximum Gasteiger partial charge on any atom is 0.435 e. The van der Waals surface area contributed by atoms with Crippen LogP contribution in [0.5, 0.6) is 0 Å². The SMILES string of the molecule is C[C@@H](CCN)n1nc(C(F)(F)F)cc1C1CC1. The summed E-state index contributed by atoms with van der Waals surface area (Å²) < 4.78 is 39.3. The molecule has 96 valence electrons. The van der Waals surface area contributed by atoms with E-state index in [1.807, 2.05) is 6.92 Å². The molecule has 2 rings (SSSR count). The summed E-state index contributed by atoms with van der Waals surface area (Å²) in [5.74, 6) is 0.249. The number of aromatic nitrogens is 2. The molecule has 0 aromatic carbocycles. The van der Waals surface area contributed by atoms with E-state index in [1.54, 1.807) is 0 Å². The highest BCUT2D eigenvalue weighted by atomic mass is 19.4. The molecule has 0 bridgehead atoms. The summed E-state index contributed by atoms with van der Waals surface area (Å²) in [6.45, 7) is 2.30. The van der Waals surface area contributed by atoms with Crippen LogP contribution in [0.4, 0.5) is 13.2 Å². The number of halogens is 3. The summed E-state index contributed by atoms with van der Waals surface area (Å²) in [6, 6.07) is 1.11. The van der Waals surface area contributed by atoms with E-state index in [0.29, 0.717) is 18.7 Å². The van der Waals surface area contributed by atoms with Gasteiger partial charge in [0.05, 0.1) is 6.04 Å². The van der Waals surface area contributed by atoms with Gasteiger partial charge in [-0.2, -0.15) is 18.3 Å². The van der Waals surface area contributed by atoms with Gasteiger partial charge in [-0.05, 0) is 38.8 Å². The molecule has 2 N–H and O–H groups in total. The quantitative estimate of drug-likeness (QED) is 0.889. The van der Waals surface area contributed by atoms with Crippen molar-refractivity contribution in [2.45, 2.75) is 44.3 Å². The molecule has 1 heterocycles. The molecule has 1 fully saturated rings. The maximum atomic E-state index is 12.6.